The van der Waals surface area contributed by atoms with E-state index in [9.17, 15) is 0 Å². The zero-order valence-electron chi connectivity index (χ0n) is 7.37. The Labute approximate surface area is 74.2 Å². The molecular weight excluding hydrogens is 156 g/mol. The van der Waals surface area contributed by atoms with Gasteiger partial charge in [0, 0.05) is 11.9 Å². The van der Waals surface area contributed by atoms with E-state index in [0.717, 1.165) is 6.42 Å². The zero-order chi connectivity index (χ0) is 8.48. The molecule has 0 radical (unpaired) electrons. The van der Waals surface area contributed by atoms with Gasteiger partial charge in [0.25, 0.3) is 0 Å². The minimum atomic E-state index is 0.0639. The molecule has 1 aliphatic carbocycles. The molecule has 0 aromatic carbocycles. The third-order valence-electron chi connectivity index (χ3n) is 2.21. The first-order chi connectivity index (χ1) is 5.05. The number of ether oxygens (including phenoxy) is 1. The van der Waals surface area contributed by atoms with E-state index in [4.69, 9.17) is 4.74 Å². The number of hydrogen-bond acceptors (Lipinski definition) is 2. The van der Waals surface area contributed by atoms with Crippen LogP contribution in [-0.2, 0) is 4.74 Å². The van der Waals surface area contributed by atoms with E-state index in [1.165, 1.54) is 0 Å². The van der Waals surface area contributed by atoms with Gasteiger partial charge in [0.1, 0.15) is 0 Å². The van der Waals surface area contributed by atoms with Crippen molar-refractivity contribution in [2.45, 2.75) is 31.1 Å². The minimum Gasteiger partial charge on any atom is -0.377 e. The van der Waals surface area contributed by atoms with Gasteiger partial charge < -0.3 is 4.74 Å². The van der Waals surface area contributed by atoms with Crippen LogP contribution in [0.15, 0.2) is 12.2 Å². The van der Waals surface area contributed by atoms with Crippen LogP contribution < -0.4 is 0 Å². The van der Waals surface area contributed by atoms with Gasteiger partial charge in [-0.25, -0.2) is 0 Å². The molecule has 0 heterocycles. The van der Waals surface area contributed by atoms with Crippen LogP contribution in [0.25, 0.3) is 0 Å². The Morgan fingerprint density at radius 2 is 2.27 bits per heavy atom. The molecule has 0 bridgehead atoms. The van der Waals surface area contributed by atoms with E-state index in [0.29, 0.717) is 5.92 Å². The van der Waals surface area contributed by atoms with E-state index in [-0.39, 0.29) is 10.9 Å². The van der Waals surface area contributed by atoms with E-state index in [2.05, 4.69) is 38.6 Å². The molecule has 0 saturated carbocycles. The minimum absolute atomic E-state index is 0.0639. The molecule has 1 aliphatic rings. The lowest BCUT2D eigenvalue weighted by molar-refractivity contribution is 0.0850. The highest BCUT2D eigenvalue weighted by atomic mass is 32.1. The second-order valence-electron chi connectivity index (χ2n) is 3.60. The van der Waals surface area contributed by atoms with Crippen molar-refractivity contribution < 1.29 is 4.74 Å². The number of methoxy groups -OCH3 is 1. The van der Waals surface area contributed by atoms with Gasteiger partial charge in [-0.05, 0) is 19.3 Å². The summed E-state index contributed by atoms with van der Waals surface area (Å²) >= 11 is 4.51. The van der Waals surface area contributed by atoms with Crippen molar-refractivity contribution in [3.8, 4) is 0 Å². The summed E-state index contributed by atoms with van der Waals surface area (Å²) in [7, 11) is 1.76. The first kappa shape index (κ1) is 9.14. The summed E-state index contributed by atoms with van der Waals surface area (Å²) in [6.07, 6.45) is 5.62. The van der Waals surface area contributed by atoms with Crippen LogP contribution >= 0.6 is 12.6 Å². The average molecular weight is 172 g/mol. The third kappa shape index (κ3) is 2.24. The molecule has 2 heteroatoms. The van der Waals surface area contributed by atoms with Crippen molar-refractivity contribution >= 4 is 12.6 Å². The van der Waals surface area contributed by atoms with Crippen molar-refractivity contribution in [1.29, 1.82) is 0 Å². The summed E-state index contributed by atoms with van der Waals surface area (Å²) in [6, 6.07) is 0. The largest absolute Gasteiger partial charge is 0.377 e. The Kier molecular flexibility index (Phi) is 2.66. The normalized spacial score (nSPS) is 44.4. The van der Waals surface area contributed by atoms with Gasteiger partial charge in [-0.2, -0.15) is 12.6 Å². The van der Waals surface area contributed by atoms with E-state index >= 15 is 0 Å². The average Bonchev–Trinajstić information content (AvgIpc) is 1.86. The Balaban J connectivity index is 2.67. The molecule has 64 valence electrons. The zero-order valence-corrected chi connectivity index (χ0v) is 8.27. The molecule has 0 aliphatic heterocycles. The summed E-state index contributed by atoms with van der Waals surface area (Å²) in [5, 5.41) is 0. The van der Waals surface area contributed by atoms with Gasteiger partial charge in [0.05, 0.1) is 6.10 Å². The number of thiol groups is 1. The molecule has 11 heavy (non-hydrogen) atoms. The highest BCUT2D eigenvalue weighted by molar-refractivity contribution is 7.82. The van der Waals surface area contributed by atoms with Gasteiger partial charge in [-0.3, -0.25) is 0 Å². The van der Waals surface area contributed by atoms with Gasteiger partial charge in [0.15, 0.2) is 0 Å². The van der Waals surface area contributed by atoms with Gasteiger partial charge >= 0.3 is 0 Å². The van der Waals surface area contributed by atoms with Gasteiger partial charge in [-0.1, -0.05) is 19.1 Å². The molecule has 1 nitrogen and oxygen atoms in total. The summed E-state index contributed by atoms with van der Waals surface area (Å²) in [5.74, 6) is 0.576. The first-order valence-corrected chi connectivity index (χ1v) is 4.44. The predicted molar refractivity (Wildman–Crippen MR) is 51.1 cm³/mol. The molecule has 0 aromatic rings. The molecule has 1 rings (SSSR count). The summed E-state index contributed by atoms with van der Waals surface area (Å²) in [5.41, 5.74) is 0. The molecule has 0 fully saturated rings. The molecule has 0 saturated heterocycles. The highest BCUT2D eigenvalue weighted by Crippen LogP contribution is 2.32. The lowest BCUT2D eigenvalue weighted by Crippen LogP contribution is -2.30. The van der Waals surface area contributed by atoms with Crippen LogP contribution in [0.1, 0.15) is 20.3 Å². The summed E-state index contributed by atoms with van der Waals surface area (Å²) in [4.78, 5) is 0. The van der Waals surface area contributed by atoms with E-state index < -0.39 is 0 Å². The summed E-state index contributed by atoms with van der Waals surface area (Å²) in [6.45, 7) is 4.33. The van der Waals surface area contributed by atoms with Crippen LogP contribution in [-0.4, -0.2) is 18.0 Å². The van der Waals surface area contributed by atoms with Gasteiger partial charge in [0.2, 0.25) is 0 Å². The van der Waals surface area contributed by atoms with Gasteiger partial charge in [-0.15, -0.1) is 0 Å². The Morgan fingerprint density at radius 3 is 2.73 bits per heavy atom. The predicted octanol–water partition coefficient (Wildman–Crippen LogP) is 2.29. The maximum absolute atomic E-state index is 5.28. The maximum Gasteiger partial charge on any atom is 0.0778 e. The fourth-order valence-corrected chi connectivity index (χ4v) is 2.01. The molecule has 0 amide bonds. The highest BCUT2D eigenvalue weighted by Gasteiger charge is 2.28. The van der Waals surface area contributed by atoms with E-state index in [1.807, 2.05) is 0 Å². The molecule has 3 unspecified atom stereocenters. The second-order valence-corrected chi connectivity index (χ2v) is 4.62. The van der Waals surface area contributed by atoms with Crippen molar-refractivity contribution in [2.24, 2.45) is 5.92 Å². The molecule has 3 atom stereocenters. The lowest BCUT2D eigenvalue weighted by Gasteiger charge is -2.32. The quantitative estimate of drug-likeness (QED) is 0.471. The van der Waals surface area contributed by atoms with Crippen LogP contribution in [0, 0.1) is 5.92 Å². The van der Waals surface area contributed by atoms with Crippen molar-refractivity contribution in [1.82, 2.24) is 0 Å². The number of hydrogen-bond donors (Lipinski definition) is 1. The van der Waals surface area contributed by atoms with Crippen molar-refractivity contribution in [3.63, 3.8) is 0 Å². The smallest absolute Gasteiger partial charge is 0.0778 e. The topological polar surface area (TPSA) is 9.23 Å². The summed E-state index contributed by atoms with van der Waals surface area (Å²) < 4.78 is 5.34. The molecule has 0 N–H and O–H groups in total. The van der Waals surface area contributed by atoms with Crippen molar-refractivity contribution in [2.75, 3.05) is 7.11 Å². The lowest BCUT2D eigenvalue weighted by atomic mass is 9.86. The Hall–Kier alpha value is 0.0500. The molecule has 0 spiro atoms. The van der Waals surface area contributed by atoms with E-state index in [1.54, 1.807) is 7.11 Å². The molecule has 0 aromatic heterocycles. The standard InChI is InChI=1S/C9H16OS/c1-7-6-9(2,11)5-4-8(7)10-3/h4-5,7-8,11H,6H2,1-3H3. The molecular formula is C9H16OS. The SMILES string of the molecule is COC1C=CC(C)(S)CC1C. The fourth-order valence-electron chi connectivity index (χ4n) is 1.64. The van der Waals surface area contributed by atoms with Crippen molar-refractivity contribution in [3.05, 3.63) is 12.2 Å². The van der Waals surface area contributed by atoms with Crippen LogP contribution in [0.3, 0.4) is 0 Å². The Morgan fingerprint density at radius 1 is 1.64 bits per heavy atom. The van der Waals surface area contributed by atoms with Crippen LogP contribution in [0.2, 0.25) is 0 Å². The Bertz CT molecular complexity index is 163. The maximum atomic E-state index is 5.28. The number of rotatable bonds is 1. The van der Waals surface area contributed by atoms with Crippen LogP contribution in [0.5, 0.6) is 0 Å². The first-order valence-electron chi connectivity index (χ1n) is 4.00. The fraction of sp³-hybridized carbons (Fsp3) is 0.778. The van der Waals surface area contributed by atoms with Crippen LogP contribution in [0.4, 0.5) is 0 Å². The second kappa shape index (κ2) is 3.20. The monoisotopic (exact) mass is 172 g/mol. The third-order valence-corrected chi connectivity index (χ3v) is 2.54.